The molecule has 1 rings (SSSR count). The van der Waals surface area contributed by atoms with Crippen molar-refractivity contribution in [1.82, 2.24) is 5.32 Å². The summed E-state index contributed by atoms with van der Waals surface area (Å²) in [6.45, 7) is 5.52. The molecule has 1 N–H and O–H groups in total. The highest BCUT2D eigenvalue weighted by molar-refractivity contribution is 5.85. The van der Waals surface area contributed by atoms with E-state index in [9.17, 15) is 0 Å². The molecule has 1 atom stereocenters. The summed E-state index contributed by atoms with van der Waals surface area (Å²) in [5.41, 5.74) is 0. The fourth-order valence-corrected chi connectivity index (χ4v) is 0.945. The molecule has 0 bridgehead atoms. The summed E-state index contributed by atoms with van der Waals surface area (Å²) in [5, 5.41) is 3.34. The Kier molecular flexibility index (Phi) is 3.91. The summed E-state index contributed by atoms with van der Waals surface area (Å²) in [6, 6.07) is 0.634. The van der Waals surface area contributed by atoms with Crippen LogP contribution in [0.25, 0.3) is 0 Å². The molecule has 0 saturated heterocycles. The predicted molar refractivity (Wildman–Crippen MR) is 43.0 cm³/mol. The quantitative estimate of drug-likeness (QED) is 0.556. The van der Waals surface area contributed by atoms with E-state index in [-0.39, 0.29) is 12.4 Å². The van der Waals surface area contributed by atoms with Gasteiger partial charge in [0.25, 0.3) is 0 Å². The van der Waals surface area contributed by atoms with Crippen LogP contribution in [0.2, 0.25) is 0 Å². The molecule has 54 valence electrons. The van der Waals surface area contributed by atoms with Crippen LogP contribution in [0.1, 0.15) is 13.8 Å². The Morgan fingerprint density at radius 1 is 1.56 bits per heavy atom. The molecule has 1 aliphatic heterocycles. The minimum absolute atomic E-state index is 0. The van der Waals surface area contributed by atoms with E-state index in [4.69, 9.17) is 0 Å². The van der Waals surface area contributed by atoms with Crippen LogP contribution in [-0.4, -0.2) is 12.6 Å². The predicted octanol–water partition coefficient (Wildman–Crippen LogP) is 1.59. The van der Waals surface area contributed by atoms with Crippen LogP contribution in [0, 0.1) is 5.92 Å². The second-order valence-corrected chi connectivity index (χ2v) is 2.61. The Hall–Kier alpha value is -0.0100. The minimum atomic E-state index is 0. The maximum Gasteiger partial charge on any atom is 0.0276 e. The molecular weight excluding hydrogens is 134 g/mol. The van der Waals surface area contributed by atoms with Gasteiger partial charge < -0.3 is 5.32 Å². The summed E-state index contributed by atoms with van der Waals surface area (Å²) in [4.78, 5) is 0. The fraction of sp³-hybridized carbons (Fsp3) is 0.714. The third-order valence-electron chi connectivity index (χ3n) is 1.53. The molecule has 1 aliphatic rings. The average Bonchev–Trinajstić information content (AvgIpc) is 2.12. The molecule has 1 heterocycles. The molecule has 2 heteroatoms. The van der Waals surface area contributed by atoms with Crippen LogP contribution >= 0.6 is 12.4 Å². The Bertz CT molecular complexity index is 99.1. The molecule has 1 nitrogen and oxygen atoms in total. The Balaban J connectivity index is 0.000000640. The molecule has 0 saturated carbocycles. The minimum Gasteiger partial charge on any atom is -0.307 e. The first-order valence-corrected chi connectivity index (χ1v) is 3.21. The average molecular weight is 148 g/mol. The van der Waals surface area contributed by atoms with Crippen LogP contribution in [0.3, 0.4) is 0 Å². The normalized spacial score (nSPS) is 24.6. The lowest BCUT2D eigenvalue weighted by atomic mass is 10.1. The first-order valence-electron chi connectivity index (χ1n) is 3.21. The highest BCUT2D eigenvalue weighted by Crippen LogP contribution is 2.05. The Morgan fingerprint density at radius 3 is 2.44 bits per heavy atom. The molecule has 0 fully saturated rings. The first-order chi connectivity index (χ1) is 3.80. The summed E-state index contributed by atoms with van der Waals surface area (Å²) in [6.07, 6.45) is 4.43. The Labute approximate surface area is 62.9 Å². The van der Waals surface area contributed by atoms with Crippen LogP contribution in [0.15, 0.2) is 12.2 Å². The SMILES string of the molecule is CC(C)C1C=CCN1.Cl. The molecule has 0 amide bonds. The van der Waals surface area contributed by atoms with Gasteiger partial charge in [0.05, 0.1) is 0 Å². The lowest BCUT2D eigenvalue weighted by Crippen LogP contribution is -2.26. The molecule has 0 aromatic carbocycles. The van der Waals surface area contributed by atoms with Crippen molar-refractivity contribution < 1.29 is 0 Å². The topological polar surface area (TPSA) is 12.0 Å². The van der Waals surface area contributed by atoms with Crippen LogP contribution in [-0.2, 0) is 0 Å². The maximum atomic E-state index is 3.34. The van der Waals surface area contributed by atoms with Crippen molar-refractivity contribution >= 4 is 12.4 Å². The van der Waals surface area contributed by atoms with Gasteiger partial charge in [-0.05, 0) is 5.92 Å². The zero-order valence-electron chi connectivity index (χ0n) is 5.92. The lowest BCUT2D eigenvalue weighted by Gasteiger charge is -2.11. The monoisotopic (exact) mass is 147 g/mol. The van der Waals surface area contributed by atoms with Crippen molar-refractivity contribution in [2.75, 3.05) is 6.54 Å². The molecule has 9 heavy (non-hydrogen) atoms. The Morgan fingerprint density at radius 2 is 2.22 bits per heavy atom. The van der Waals surface area contributed by atoms with Crippen LogP contribution in [0.4, 0.5) is 0 Å². The van der Waals surface area contributed by atoms with E-state index >= 15 is 0 Å². The third kappa shape index (κ3) is 2.37. The number of nitrogens with one attached hydrogen (secondary N) is 1. The van der Waals surface area contributed by atoms with E-state index in [2.05, 4.69) is 31.3 Å². The summed E-state index contributed by atoms with van der Waals surface area (Å²) >= 11 is 0. The van der Waals surface area contributed by atoms with Gasteiger partial charge in [0.15, 0.2) is 0 Å². The van der Waals surface area contributed by atoms with Crippen LogP contribution in [0.5, 0.6) is 0 Å². The van der Waals surface area contributed by atoms with Crippen molar-refractivity contribution in [3.8, 4) is 0 Å². The largest absolute Gasteiger partial charge is 0.307 e. The zero-order valence-corrected chi connectivity index (χ0v) is 6.74. The van der Waals surface area contributed by atoms with E-state index < -0.39 is 0 Å². The van der Waals surface area contributed by atoms with Gasteiger partial charge in [0, 0.05) is 12.6 Å². The highest BCUT2D eigenvalue weighted by atomic mass is 35.5. The third-order valence-corrected chi connectivity index (χ3v) is 1.53. The summed E-state index contributed by atoms with van der Waals surface area (Å²) in [7, 11) is 0. The molecule has 0 radical (unpaired) electrons. The molecule has 1 unspecified atom stereocenters. The van der Waals surface area contributed by atoms with Gasteiger partial charge in [0.1, 0.15) is 0 Å². The summed E-state index contributed by atoms with van der Waals surface area (Å²) < 4.78 is 0. The number of halogens is 1. The number of hydrogen-bond acceptors (Lipinski definition) is 1. The van der Waals surface area contributed by atoms with Gasteiger partial charge in [-0.25, -0.2) is 0 Å². The van der Waals surface area contributed by atoms with Gasteiger partial charge in [-0.15, -0.1) is 12.4 Å². The smallest absolute Gasteiger partial charge is 0.0276 e. The molecule has 0 spiro atoms. The van der Waals surface area contributed by atoms with Crippen molar-refractivity contribution in [3.63, 3.8) is 0 Å². The fourth-order valence-electron chi connectivity index (χ4n) is 0.945. The first kappa shape index (κ1) is 8.99. The zero-order chi connectivity index (χ0) is 5.98. The van der Waals surface area contributed by atoms with Gasteiger partial charge >= 0.3 is 0 Å². The lowest BCUT2D eigenvalue weighted by molar-refractivity contribution is 0.503. The van der Waals surface area contributed by atoms with Gasteiger partial charge in [-0.3, -0.25) is 0 Å². The van der Waals surface area contributed by atoms with E-state index in [0.29, 0.717) is 6.04 Å². The van der Waals surface area contributed by atoms with E-state index in [1.165, 1.54) is 0 Å². The van der Waals surface area contributed by atoms with Crippen molar-refractivity contribution in [3.05, 3.63) is 12.2 Å². The second-order valence-electron chi connectivity index (χ2n) is 2.61. The summed E-state index contributed by atoms with van der Waals surface area (Å²) in [5.74, 6) is 0.744. The van der Waals surface area contributed by atoms with E-state index in [1.807, 2.05) is 0 Å². The van der Waals surface area contributed by atoms with E-state index in [0.717, 1.165) is 12.5 Å². The van der Waals surface area contributed by atoms with Crippen molar-refractivity contribution in [2.24, 2.45) is 5.92 Å². The number of hydrogen-bond donors (Lipinski definition) is 1. The van der Waals surface area contributed by atoms with Gasteiger partial charge in [-0.1, -0.05) is 26.0 Å². The van der Waals surface area contributed by atoms with Gasteiger partial charge in [0.2, 0.25) is 0 Å². The molecular formula is C7H14ClN. The molecule has 0 aromatic rings. The maximum absolute atomic E-state index is 3.34. The van der Waals surface area contributed by atoms with E-state index in [1.54, 1.807) is 0 Å². The molecule has 0 aliphatic carbocycles. The van der Waals surface area contributed by atoms with Crippen LogP contribution < -0.4 is 5.32 Å². The highest BCUT2D eigenvalue weighted by Gasteiger charge is 2.10. The standard InChI is InChI=1S/C7H13N.ClH/c1-6(2)7-4-3-5-8-7;/h3-4,6-8H,5H2,1-2H3;1H. The van der Waals surface area contributed by atoms with Crippen molar-refractivity contribution in [2.45, 2.75) is 19.9 Å². The molecule has 0 aromatic heterocycles. The number of rotatable bonds is 1. The van der Waals surface area contributed by atoms with Gasteiger partial charge in [-0.2, -0.15) is 0 Å². The second kappa shape index (κ2) is 3.91. The van der Waals surface area contributed by atoms with Crippen molar-refractivity contribution in [1.29, 1.82) is 0 Å².